The highest BCUT2D eigenvalue weighted by Gasteiger charge is 2.41. The Morgan fingerprint density at radius 1 is 1.16 bits per heavy atom. The molecule has 1 unspecified atom stereocenters. The number of carbonyl (C=O) groups excluding carboxylic acids is 1. The molecule has 1 saturated heterocycles. The molecule has 1 aromatic heterocycles. The van der Waals surface area contributed by atoms with Crippen molar-refractivity contribution in [3.8, 4) is 0 Å². The van der Waals surface area contributed by atoms with Crippen LogP contribution in [0, 0.1) is 13.8 Å². The average molecular weight is 338 g/mol. The maximum Gasteiger partial charge on any atom is 0.272 e. The molecule has 5 heteroatoms. The van der Waals surface area contributed by atoms with E-state index in [-0.39, 0.29) is 11.4 Å². The zero-order valence-electron chi connectivity index (χ0n) is 15.7. The Morgan fingerprint density at radius 2 is 1.84 bits per heavy atom. The van der Waals surface area contributed by atoms with E-state index in [9.17, 15) is 4.79 Å². The maximum atomic E-state index is 12.4. The van der Waals surface area contributed by atoms with Crippen LogP contribution in [-0.2, 0) is 5.54 Å². The number of benzene rings is 1. The van der Waals surface area contributed by atoms with E-state index in [0.29, 0.717) is 5.69 Å². The van der Waals surface area contributed by atoms with Crippen LogP contribution in [0.1, 0.15) is 47.3 Å². The van der Waals surface area contributed by atoms with Crippen LogP contribution in [0.25, 0.3) is 0 Å². The molecule has 0 saturated carbocycles. The van der Waals surface area contributed by atoms with Gasteiger partial charge >= 0.3 is 0 Å². The molecule has 0 radical (unpaired) electrons. The quantitative estimate of drug-likeness (QED) is 0.861. The summed E-state index contributed by atoms with van der Waals surface area (Å²) in [6.45, 7) is 7.16. The minimum Gasteiger partial charge on any atom is -0.359 e. The summed E-state index contributed by atoms with van der Waals surface area (Å²) < 4.78 is 0. The first-order valence-corrected chi connectivity index (χ1v) is 8.73. The highest BCUT2D eigenvalue weighted by atomic mass is 16.2. The highest BCUT2D eigenvalue weighted by molar-refractivity contribution is 5.92. The van der Waals surface area contributed by atoms with Gasteiger partial charge in [0, 0.05) is 32.0 Å². The van der Waals surface area contributed by atoms with Crippen LogP contribution in [0.2, 0.25) is 0 Å². The second-order valence-electron chi connectivity index (χ2n) is 7.28. The van der Waals surface area contributed by atoms with Crippen LogP contribution >= 0.6 is 0 Å². The molecule has 1 aliphatic rings. The van der Waals surface area contributed by atoms with Crippen molar-refractivity contribution in [1.29, 1.82) is 0 Å². The molecule has 1 atom stereocenters. The van der Waals surface area contributed by atoms with E-state index in [4.69, 9.17) is 4.98 Å². The molecule has 5 nitrogen and oxygen atoms in total. The number of nitrogens with zero attached hydrogens (tertiary/aromatic N) is 4. The van der Waals surface area contributed by atoms with Crippen molar-refractivity contribution in [3.05, 3.63) is 53.1 Å². The first-order valence-electron chi connectivity index (χ1n) is 8.73. The predicted molar refractivity (Wildman–Crippen MR) is 99.9 cm³/mol. The molecule has 0 N–H and O–H groups in total. The van der Waals surface area contributed by atoms with Crippen molar-refractivity contribution >= 4 is 11.6 Å². The molecular weight excluding hydrogens is 312 g/mol. The van der Waals surface area contributed by atoms with E-state index < -0.39 is 0 Å². The van der Waals surface area contributed by atoms with Gasteiger partial charge in [-0.3, -0.25) is 4.79 Å². The van der Waals surface area contributed by atoms with E-state index in [1.54, 1.807) is 25.1 Å². The lowest BCUT2D eigenvalue weighted by Crippen LogP contribution is -2.41. The summed E-state index contributed by atoms with van der Waals surface area (Å²) in [5.41, 5.74) is 3.41. The van der Waals surface area contributed by atoms with Crippen molar-refractivity contribution in [2.45, 2.75) is 39.2 Å². The Labute approximate surface area is 149 Å². The maximum absolute atomic E-state index is 12.4. The molecule has 2 heterocycles. The third-order valence-corrected chi connectivity index (χ3v) is 4.95. The van der Waals surface area contributed by atoms with Crippen LogP contribution in [-0.4, -0.2) is 41.4 Å². The van der Waals surface area contributed by atoms with Crippen LogP contribution in [0.3, 0.4) is 0 Å². The van der Waals surface area contributed by atoms with E-state index in [0.717, 1.165) is 30.9 Å². The first-order chi connectivity index (χ1) is 11.8. The molecule has 0 bridgehead atoms. The van der Waals surface area contributed by atoms with Gasteiger partial charge in [-0.05, 0) is 51.8 Å². The van der Waals surface area contributed by atoms with Crippen molar-refractivity contribution in [1.82, 2.24) is 14.9 Å². The topological polar surface area (TPSA) is 49.3 Å². The van der Waals surface area contributed by atoms with Crippen LogP contribution in [0.15, 0.2) is 30.3 Å². The third-order valence-electron chi connectivity index (χ3n) is 4.95. The van der Waals surface area contributed by atoms with Crippen molar-refractivity contribution in [3.63, 3.8) is 0 Å². The Kier molecular flexibility index (Phi) is 4.50. The van der Waals surface area contributed by atoms with Crippen molar-refractivity contribution in [2.24, 2.45) is 0 Å². The minimum atomic E-state index is -0.303. The first kappa shape index (κ1) is 17.4. The number of aromatic nitrogens is 2. The van der Waals surface area contributed by atoms with Gasteiger partial charge in [-0.15, -0.1) is 0 Å². The minimum absolute atomic E-state index is 0.0877. The number of anilines is 1. The van der Waals surface area contributed by atoms with Gasteiger partial charge in [-0.2, -0.15) is 0 Å². The summed E-state index contributed by atoms with van der Waals surface area (Å²) in [5.74, 6) is 0.644. The number of amides is 1. The second-order valence-corrected chi connectivity index (χ2v) is 7.28. The van der Waals surface area contributed by atoms with Gasteiger partial charge in [0.2, 0.25) is 0 Å². The van der Waals surface area contributed by atoms with Crippen LogP contribution in [0.4, 0.5) is 5.69 Å². The Morgan fingerprint density at radius 3 is 2.48 bits per heavy atom. The normalized spacial score (nSPS) is 20.0. The van der Waals surface area contributed by atoms with Gasteiger partial charge in [-0.1, -0.05) is 17.7 Å². The van der Waals surface area contributed by atoms with Gasteiger partial charge in [-0.25, -0.2) is 9.97 Å². The number of rotatable bonds is 3. The number of carbonyl (C=O) groups is 1. The predicted octanol–water partition coefficient (Wildman–Crippen LogP) is 3.31. The van der Waals surface area contributed by atoms with Crippen LogP contribution < -0.4 is 4.90 Å². The van der Waals surface area contributed by atoms with E-state index >= 15 is 0 Å². The molecule has 25 heavy (non-hydrogen) atoms. The van der Waals surface area contributed by atoms with Crippen molar-refractivity contribution < 1.29 is 4.79 Å². The summed E-state index contributed by atoms with van der Waals surface area (Å²) in [5, 5.41) is 0. The fourth-order valence-electron chi connectivity index (χ4n) is 3.48. The molecule has 0 aliphatic carbocycles. The Balaban J connectivity index is 2.04. The monoisotopic (exact) mass is 338 g/mol. The number of hydrogen-bond donors (Lipinski definition) is 0. The third kappa shape index (κ3) is 3.23. The van der Waals surface area contributed by atoms with Crippen LogP contribution in [0.5, 0.6) is 0 Å². The van der Waals surface area contributed by atoms with Gasteiger partial charge < -0.3 is 9.80 Å². The molecule has 1 amide bonds. The van der Waals surface area contributed by atoms with E-state index in [1.807, 2.05) is 6.92 Å². The molecule has 0 spiro atoms. The van der Waals surface area contributed by atoms with E-state index in [2.05, 4.69) is 48.0 Å². The molecule has 1 aliphatic heterocycles. The molecule has 2 aromatic rings. The lowest BCUT2D eigenvalue weighted by atomic mass is 9.96. The Hall–Kier alpha value is -2.43. The lowest BCUT2D eigenvalue weighted by molar-refractivity contribution is 0.0821. The summed E-state index contributed by atoms with van der Waals surface area (Å²) in [4.78, 5) is 25.7. The smallest absolute Gasteiger partial charge is 0.272 e. The van der Waals surface area contributed by atoms with E-state index in [1.165, 1.54) is 11.3 Å². The standard InChI is InChI=1S/C20H26N4O/c1-14-7-9-16(10-8-14)24-12-6-11-20(24,3)19-21-15(2)13-17(22-19)18(25)23(4)5/h7-10,13H,6,11-12H2,1-5H3. The molecule has 132 valence electrons. The Bertz CT molecular complexity index is 785. The summed E-state index contributed by atoms with van der Waals surface area (Å²) in [7, 11) is 3.49. The second kappa shape index (κ2) is 6.47. The lowest BCUT2D eigenvalue weighted by Gasteiger charge is -2.36. The molecule has 3 rings (SSSR count). The fourth-order valence-corrected chi connectivity index (χ4v) is 3.48. The highest BCUT2D eigenvalue weighted by Crippen LogP contribution is 2.40. The number of hydrogen-bond acceptors (Lipinski definition) is 4. The summed E-state index contributed by atoms with van der Waals surface area (Å²) in [6, 6.07) is 10.3. The average Bonchev–Trinajstić information content (AvgIpc) is 2.97. The van der Waals surface area contributed by atoms with Gasteiger partial charge in [0.25, 0.3) is 5.91 Å². The van der Waals surface area contributed by atoms with Crippen molar-refractivity contribution in [2.75, 3.05) is 25.5 Å². The van der Waals surface area contributed by atoms with Gasteiger partial charge in [0.15, 0.2) is 5.82 Å². The summed E-state index contributed by atoms with van der Waals surface area (Å²) >= 11 is 0. The zero-order valence-corrected chi connectivity index (χ0v) is 15.7. The van der Waals surface area contributed by atoms with Gasteiger partial charge in [0.1, 0.15) is 5.69 Å². The summed E-state index contributed by atoms with van der Waals surface area (Å²) in [6.07, 6.45) is 2.05. The fraction of sp³-hybridized carbons (Fsp3) is 0.450. The largest absolute Gasteiger partial charge is 0.359 e. The zero-order chi connectivity index (χ0) is 18.2. The van der Waals surface area contributed by atoms with Gasteiger partial charge in [0.05, 0.1) is 5.54 Å². The SMILES string of the molecule is Cc1ccc(N2CCCC2(C)c2nc(C)cc(C(=O)N(C)C)n2)cc1. The molecule has 1 fully saturated rings. The molecule has 1 aromatic carbocycles. The molecular formula is C20H26N4O. The number of aryl methyl sites for hydroxylation is 2.